The lowest BCUT2D eigenvalue weighted by Crippen LogP contribution is -2.27. The van der Waals surface area contributed by atoms with Crippen LogP contribution in [0.25, 0.3) is 0 Å². The Bertz CT molecular complexity index is 401. The van der Waals surface area contributed by atoms with Gasteiger partial charge in [0.1, 0.15) is 0 Å². The zero-order valence-electron chi connectivity index (χ0n) is 11.5. The van der Waals surface area contributed by atoms with Gasteiger partial charge in [0.25, 0.3) is 0 Å². The number of aliphatic hydroxyl groups is 1. The Labute approximate surface area is 120 Å². The van der Waals surface area contributed by atoms with Crippen LogP contribution >= 0.6 is 11.6 Å². The summed E-state index contributed by atoms with van der Waals surface area (Å²) in [6, 6.07) is 6.90. The monoisotopic (exact) mass is 282 g/mol. The second-order valence-electron chi connectivity index (χ2n) is 5.14. The predicted octanol–water partition coefficient (Wildman–Crippen LogP) is 2.80. The topological polar surface area (TPSA) is 35.5 Å². The van der Waals surface area contributed by atoms with Crippen molar-refractivity contribution in [2.45, 2.75) is 38.8 Å². The molecule has 0 amide bonds. The van der Waals surface area contributed by atoms with Crippen LogP contribution in [-0.2, 0) is 6.54 Å². The number of hydrogen-bond acceptors (Lipinski definition) is 3. The van der Waals surface area contributed by atoms with Gasteiger partial charge in [-0.1, -0.05) is 24.6 Å². The number of nitrogens with zero attached hydrogens (tertiary/aromatic N) is 1. The third-order valence-corrected chi connectivity index (χ3v) is 3.78. The van der Waals surface area contributed by atoms with Crippen molar-refractivity contribution in [2.75, 3.05) is 24.6 Å². The van der Waals surface area contributed by atoms with Gasteiger partial charge in [0.2, 0.25) is 0 Å². The Hall–Kier alpha value is -0.770. The summed E-state index contributed by atoms with van der Waals surface area (Å²) in [4.78, 5) is 2.17. The lowest BCUT2D eigenvalue weighted by Gasteiger charge is -2.24. The number of hydrogen-bond donors (Lipinski definition) is 2. The fraction of sp³-hybridized carbons (Fsp3) is 0.600. The van der Waals surface area contributed by atoms with Gasteiger partial charge in [0.05, 0.1) is 6.61 Å². The molecule has 1 aromatic carbocycles. The molecule has 0 radical (unpaired) electrons. The maximum absolute atomic E-state index is 9.12. The van der Waals surface area contributed by atoms with Gasteiger partial charge < -0.3 is 15.3 Å². The molecule has 1 saturated carbocycles. The molecule has 2 rings (SSSR count). The van der Waals surface area contributed by atoms with Crippen LogP contribution in [0.5, 0.6) is 0 Å². The Kier molecular flexibility index (Phi) is 5.49. The molecule has 0 bridgehead atoms. The van der Waals surface area contributed by atoms with Gasteiger partial charge in [-0.25, -0.2) is 0 Å². The second-order valence-corrected chi connectivity index (χ2v) is 5.55. The molecule has 3 nitrogen and oxygen atoms in total. The van der Waals surface area contributed by atoms with E-state index in [1.807, 2.05) is 6.07 Å². The van der Waals surface area contributed by atoms with Crippen molar-refractivity contribution < 1.29 is 5.11 Å². The smallest absolute Gasteiger partial charge is 0.0606 e. The highest BCUT2D eigenvalue weighted by molar-refractivity contribution is 6.31. The van der Waals surface area contributed by atoms with E-state index in [0.717, 1.165) is 35.8 Å². The third kappa shape index (κ3) is 4.37. The second kappa shape index (κ2) is 7.13. The minimum atomic E-state index is 0.169. The van der Waals surface area contributed by atoms with Gasteiger partial charge in [-0.15, -0.1) is 0 Å². The van der Waals surface area contributed by atoms with Crippen molar-refractivity contribution in [3.05, 3.63) is 28.8 Å². The molecule has 1 aliphatic rings. The van der Waals surface area contributed by atoms with E-state index in [0.29, 0.717) is 12.6 Å². The first-order valence-corrected chi connectivity index (χ1v) is 7.50. The molecule has 0 aliphatic heterocycles. The number of anilines is 1. The van der Waals surface area contributed by atoms with Crippen molar-refractivity contribution in [1.29, 1.82) is 0 Å². The van der Waals surface area contributed by atoms with E-state index in [4.69, 9.17) is 16.7 Å². The number of rotatable bonds is 8. The molecule has 106 valence electrons. The molecular formula is C15H23ClN2O. The zero-order chi connectivity index (χ0) is 13.7. The number of halogens is 1. The van der Waals surface area contributed by atoms with Crippen molar-refractivity contribution >= 4 is 17.3 Å². The summed E-state index contributed by atoms with van der Waals surface area (Å²) in [7, 11) is 0. The fourth-order valence-corrected chi connectivity index (χ4v) is 2.42. The van der Waals surface area contributed by atoms with E-state index < -0.39 is 0 Å². The molecule has 0 atom stereocenters. The summed E-state index contributed by atoms with van der Waals surface area (Å²) in [6.45, 7) is 4.75. The first-order valence-electron chi connectivity index (χ1n) is 7.12. The Morgan fingerprint density at radius 3 is 2.74 bits per heavy atom. The summed E-state index contributed by atoms with van der Waals surface area (Å²) < 4.78 is 0. The quantitative estimate of drug-likeness (QED) is 0.770. The zero-order valence-corrected chi connectivity index (χ0v) is 12.3. The van der Waals surface area contributed by atoms with Crippen LogP contribution in [0.15, 0.2) is 18.2 Å². The summed E-state index contributed by atoms with van der Waals surface area (Å²) in [5.41, 5.74) is 2.24. The first kappa shape index (κ1) is 14.6. The average molecular weight is 283 g/mol. The van der Waals surface area contributed by atoms with Crippen molar-refractivity contribution in [3.8, 4) is 0 Å². The highest BCUT2D eigenvalue weighted by Gasteiger charge is 2.20. The standard InChI is InChI=1S/C15H23ClN2O/c1-2-7-18(8-9-19)14-6-3-12(15(16)10-14)11-17-13-4-5-13/h3,6,10,13,17,19H,2,4-5,7-9,11H2,1H3. The maximum Gasteiger partial charge on any atom is 0.0606 e. The third-order valence-electron chi connectivity index (χ3n) is 3.42. The Morgan fingerprint density at radius 1 is 1.37 bits per heavy atom. The van der Waals surface area contributed by atoms with Gasteiger partial charge in [-0.2, -0.15) is 0 Å². The minimum absolute atomic E-state index is 0.169. The van der Waals surface area contributed by atoms with Gasteiger partial charge in [-0.05, 0) is 37.0 Å². The van der Waals surface area contributed by atoms with Crippen LogP contribution in [0.4, 0.5) is 5.69 Å². The molecule has 0 spiro atoms. The SMILES string of the molecule is CCCN(CCO)c1ccc(CNC2CC2)c(Cl)c1. The fourth-order valence-electron chi connectivity index (χ4n) is 2.18. The lowest BCUT2D eigenvalue weighted by molar-refractivity contribution is 0.302. The van der Waals surface area contributed by atoms with Gasteiger partial charge in [0.15, 0.2) is 0 Å². The molecule has 1 aromatic rings. The molecule has 0 unspecified atom stereocenters. The number of nitrogens with one attached hydrogen (secondary N) is 1. The number of benzene rings is 1. The largest absolute Gasteiger partial charge is 0.395 e. The van der Waals surface area contributed by atoms with Crippen molar-refractivity contribution in [2.24, 2.45) is 0 Å². The Morgan fingerprint density at radius 2 is 2.16 bits per heavy atom. The summed E-state index contributed by atoms with van der Waals surface area (Å²) >= 11 is 6.35. The molecule has 2 N–H and O–H groups in total. The predicted molar refractivity (Wildman–Crippen MR) is 80.9 cm³/mol. The highest BCUT2D eigenvalue weighted by Crippen LogP contribution is 2.25. The molecule has 1 fully saturated rings. The van der Waals surface area contributed by atoms with Crippen LogP contribution < -0.4 is 10.2 Å². The summed E-state index contributed by atoms with van der Waals surface area (Å²) in [6.07, 6.45) is 3.63. The van der Waals surface area contributed by atoms with Gasteiger partial charge in [-0.3, -0.25) is 0 Å². The molecule has 0 aromatic heterocycles. The minimum Gasteiger partial charge on any atom is -0.395 e. The molecule has 0 heterocycles. The molecular weight excluding hydrogens is 260 g/mol. The van der Waals surface area contributed by atoms with E-state index in [1.54, 1.807) is 0 Å². The first-order chi connectivity index (χ1) is 9.24. The van der Waals surface area contributed by atoms with Gasteiger partial charge >= 0.3 is 0 Å². The molecule has 19 heavy (non-hydrogen) atoms. The van der Waals surface area contributed by atoms with Crippen LogP contribution in [0.2, 0.25) is 5.02 Å². The maximum atomic E-state index is 9.12. The van der Waals surface area contributed by atoms with Crippen LogP contribution in [0, 0.1) is 0 Å². The van der Waals surface area contributed by atoms with Gasteiger partial charge in [0, 0.05) is 36.4 Å². The van der Waals surface area contributed by atoms with Crippen LogP contribution in [0.1, 0.15) is 31.7 Å². The normalized spacial score (nSPS) is 14.7. The average Bonchev–Trinajstić information content (AvgIpc) is 3.21. The molecule has 4 heteroatoms. The van der Waals surface area contributed by atoms with Crippen molar-refractivity contribution in [1.82, 2.24) is 5.32 Å². The highest BCUT2D eigenvalue weighted by atomic mass is 35.5. The van der Waals surface area contributed by atoms with E-state index in [-0.39, 0.29) is 6.61 Å². The van der Waals surface area contributed by atoms with Crippen molar-refractivity contribution in [3.63, 3.8) is 0 Å². The molecule has 1 aliphatic carbocycles. The summed E-state index contributed by atoms with van der Waals surface area (Å²) in [5, 5.41) is 13.4. The van der Waals surface area contributed by atoms with E-state index >= 15 is 0 Å². The van der Waals surface area contributed by atoms with Crippen LogP contribution in [-0.4, -0.2) is 30.8 Å². The molecule has 0 saturated heterocycles. The summed E-state index contributed by atoms with van der Waals surface area (Å²) in [5.74, 6) is 0. The lowest BCUT2D eigenvalue weighted by atomic mass is 10.2. The Balaban J connectivity index is 2.02. The van der Waals surface area contributed by atoms with E-state index in [9.17, 15) is 0 Å². The van der Waals surface area contributed by atoms with E-state index in [1.165, 1.54) is 12.8 Å². The van der Waals surface area contributed by atoms with E-state index in [2.05, 4.69) is 29.3 Å². The number of aliphatic hydroxyl groups excluding tert-OH is 1. The van der Waals surface area contributed by atoms with Crippen LogP contribution in [0.3, 0.4) is 0 Å².